The summed E-state index contributed by atoms with van der Waals surface area (Å²) in [6, 6.07) is 2.03. The summed E-state index contributed by atoms with van der Waals surface area (Å²) in [4.78, 5) is 0. The minimum Gasteiger partial charge on any atom is -0.344 e. The zero-order valence-electron chi connectivity index (χ0n) is 7.44. The number of hydrogen-bond acceptors (Lipinski definition) is 4. The van der Waals surface area contributed by atoms with Crippen molar-refractivity contribution in [2.24, 2.45) is 0 Å². The summed E-state index contributed by atoms with van der Waals surface area (Å²) in [6.07, 6.45) is 1.15. The molecule has 2 saturated heterocycles. The van der Waals surface area contributed by atoms with Gasteiger partial charge in [-0.15, -0.1) is 0 Å². The molecule has 0 bridgehead atoms. The van der Waals surface area contributed by atoms with Crippen molar-refractivity contribution in [1.82, 2.24) is 4.31 Å². The van der Waals surface area contributed by atoms with Gasteiger partial charge in [-0.25, -0.2) is 8.42 Å². The van der Waals surface area contributed by atoms with Gasteiger partial charge in [0.05, 0.1) is 12.8 Å². The molecule has 0 aliphatic carbocycles. The first-order valence-electron chi connectivity index (χ1n) is 3.90. The average Bonchev–Trinajstić information content (AvgIpc) is 2.44. The summed E-state index contributed by atoms with van der Waals surface area (Å²) in [5, 5.41) is 8.82. The monoisotopic (exact) mass is 202 g/mol. The third-order valence-electron chi connectivity index (χ3n) is 2.74. The second-order valence-electron chi connectivity index (χ2n) is 3.80. The van der Waals surface area contributed by atoms with Gasteiger partial charge in [0, 0.05) is 6.54 Å². The summed E-state index contributed by atoms with van der Waals surface area (Å²) in [5.41, 5.74) is -1.46. The first-order chi connectivity index (χ1) is 5.83. The van der Waals surface area contributed by atoms with E-state index < -0.39 is 21.2 Å². The van der Waals surface area contributed by atoms with Crippen LogP contribution in [0.25, 0.3) is 0 Å². The normalized spacial score (nSPS) is 44.1. The molecule has 2 rings (SSSR count). The minimum atomic E-state index is -3.19. The lowest BCUT2D eigenvalue weighted by Gasteiger charge is -2.15. The van der Waals surface area contributed by atoms with Crippen LogP contribution in [-0.4, -0.2) is 43.3 Å². The highest BCUT2D eigenvalue weighted by atomic mass is 32.2. The first kappa shape index (κ1) is 8.94. The highest BCUT2D eigenvalue weighted by Gasteiger charge is 2.74. The lowest BCUT2D eigenvalue weighted by Crippen LogP contribution is -2.33. The Bertz CT molecular complexity index is 398. The number of sulfonamides is 1. The third-order valence-corrected chi connectivity index (χ3v) is 3.94. The van der Waals surface area contributed by atoms with Crippen molar-refractivity contribution >= 4 is 10.0 Å². The van der Waals surface area contributed by atoms with E-state index in [4.69, 9.17) is 10.00 Å². The number of morpholine rings is 1. The molecule has 2 aliphatic rings. The summed E-state index contributed by atoms with van der Waals surface area (Å²) >= 11 is 0. The molecule has 2 atom stereocenters. The molecule has 0 radical (unpaired) electrons. The lowest BCUT2D eigenvalue weighted by molar-refractivity contribution is 0.209. The lowest BCUT2D eigenvalue weighted by atomic mass is 10.0. The van der Waals surface area contributed by atoms with Crippen molar-refractivity contribution in [2.45, 2.75) is 18.1 Å². The van der Waals surface area contributed by atoms with E-state index in [2.05, 4.69) is 0 Å². The number of rotatable bonds is 1. The smallest absolute Gasteiger partial charge is 0.211 e. The maximum Gasteiger partial charge on any atom is 0.211 e. The van der Waals surface area contributed by atoms with E-state index in [1.165, 1.54) is 4.31 Å². The van der Waals surface area contributed by atoms with E-state index >= 15 is 0 Å². The molecule has 2 aliphatic heterocycles. The predicted octanol–water partition coefficient (Wildman–Crippen LogP) is -0.687. The maximum absolute atomic E-state index is 11.2. The van der Waals surface area contributed by atoms with Gasteiger partial charge in [0.1, 0.15) is 11.7 Å². The first-order valence-corrected chi connectivity index (χ1v) is 5.74. The Morgan fingerprint density at radius 2 is 2.15 bits per heavy atom. The van der Waals surface area contributed by atoms with Gasteiger partial charge in [0.25, 0.3) is 0 Å². The Balaban J connectivity index is 2.27. The van der Waals surface area contributed by atoms with Crippen molar-refractivity contribution in [1.29, 1.82) is 5.26 Å². The molecule has 72 valence electrons. The molecule has 5 nitrogen and oxygen atoms in total. The molecule has 0 aromatic rings. The molecular weight excluding hydrogens is 192 g/mol. The van der Waals surface area contributed by atoms with Gasteiger partial charge in [-0.1, -0.05) is 0 Å². The van der Waals surface area contributed by atoms with Crippen molar-refractivity contribution in [2.75, 3.05) is 19.3 Å². The molecule has 13 heavy (non-hydrogen) atoms. The van der Waals surface area contributed by atoms with Gasteiger partial charge in [-0.3, -0.25) is 0 Å². The number of fused-ring (bicyclic) bond motifs is 1. The number of nitriles is 1. The van der Waals surface area contributed by atoms with Crippen LogP contribution < -0.4 is 0 Å². The molecule has 6 heteroatoms. The van der Waals surface area contributed by atoms with Crippen molar-refractivity contribution in [3.05, 3.63) is 0 Å². The number of epoxide rings is 1. The minimum absolute atomic E-state index is 0.166. The molecular formula is C7H10N2O3S. The predicted molar refractivity (Wildman–Crippen MR) is 44.3 cm³/mol. The number of ether oxygens (including phenoxy) is 1. The fraction of sp³-hybridized carbons (Fsp3) is 0.857. The molecule has 0 spiro atoms. The van der Waals surface area contributed by atoms with E-state index in [0.29, 0.717) is 6.54 Å². The average molecular weight is 202 g/mol. The highest BCUT2D eigenvalue weighted by Crippen LogP contribution is 2.53. The van der Waals surface area contributed by atoms with E-state index in [0.717, 1.165) is 6.26 Å². The zero-order valence-corrected chi connectivity index (χ0v) is 8.26. The van der Waals surface area contributed by atoms with Crippen LogP contribution >= 0.6 is 0 Å². The largest absolute Gasteiger partial charge is 0.344 e. The number of nitrogens with zero attached hydrogens (tertiary/aromatic N) is 2. The van der Waals surface area contributed by atoms with Crippen LogP contribution in [0.1, 0.15) is 6.92 Å². The quantitative estimate of drug-likeness (QED) is 0.528. The molecule has 2 fully saturated rings. The Hall–Kier alpha value is -0.640. The Morgan fingerprint density at radius 1 is 1.54 bits per heavy atom. The second-order valence-corrected chi connectivity index (χ2v) is 5.79. The van der Waals surface area contributed by atoms with Crippen molar-refractivity contribution < 1.29 is 13.2 Å². The highest BCUT2D eigenvalue weighted by molar-refractivity contribution is 7.88. The van der Waals surface area contributed by atoms with E-state index in [-0.39, 0.29) is 6.54 Å². The van der Waals surface area contributed by atoms with Gasteiger partial charge in [-0.2, -0.15) is 9.57 Å². The van der Waals surface area contributed by atoms with E-state index in [1.807, 2.05) is 6.07 Å². The Kier molecular flexibility index (Phi) is 1.41. The van der Waals surface area contributed by atoms with Crippen LogP contribution in [0.2, 0.25) is 0 Å². The van der Waals surface area contributed by atoms with Crippen LogP contribution in [0.15, 0.2) is 0 Å². The summed E-state index contributed by atoms with van der Waals surface area (Å²) in [7, 11) is -3.19. The van der Waals surface area contributed by atoms with E-state index in [9.17, 15) is 8.42 Å². The van der Waals surface area contributed by atoms with Gasteiger partial charge >= 0.3 is 0 Å². The SMILES string of the molecule is C[C@@]12CN(S(C)(=O)=O)C[C@]1(C#N)O2. The van der Waals surface area contributed by atoms with Crippen LogP contribution in [-0.2, 0) is 14.8 Å². The molecule has 0 aromatic heterocycles. The molecule has 0 unspecified atom stereocenters. The van der Waals surface area contributed by atoms with E-state index in [1.54, 1.807) is 6.92 Å². The van der Waals surface area contributed by atoms with Gasteiger partial charge in [-0.05, 0) is 6.92 Å². The van der Waals surface area contributed by atoms with Gasteiger partial charge in [0.2, 0.25) is 10.0 Å². The summed E-state index contributed by atoms with van der Waals surface area (Å²) < 4.78 is 28.8. The third kappa shape index (κ3) is 1.01. The second kappa shape index (κ2) is 2.05. The van der Waals surface area contributed by atoms with Crippen LogP contribution in [0, 0.1) is 11.3 Å². The maximum atomic E-state index is 11.2. The Labute approximate surface area is 76.9 Å². The summed E-state index contributed by atoms with van der Waals surface area (Å²) in [6.45, 7) is 2.22. The van der Waals surface area contributed by atoms with Crippen LogP contribution in [0.4, 0.5) is 0 Å². The van der Waals surface area contributed by atoms with Crippen molar-refractivity contribution in [3.8, 4) is 6.07 Å². The topological polar surface area (TPSA) is 73.7 Å². The fourth-order valence-corrected chi connectivity index (χ4v) is 2.67. The molecule has 0 saturated carbocycles. The van der Waals surface area contributed by atoms with Gasteiger partial charge < -0.3 is 4.74 Å². The Morgan fingerprint density at radius 3 is 2.46 bits per heavy atom. The molecule has 2 heterocycles. The standard InChI is InChI=1S/C7H10N2O3S/c1-6-4-9(13(2,10)11)5-7(6,3-8)12-6/h4-5H2,1-2H3/t6-,7+/m1/s1. The zero-order chi connectivity index (χ0) is 9.91. The molecule has 0 amide bonds. The number of hydrogen-bond donors (Lipinski definition) is 0. The van der Waals surface area contributed by atoms with Crippen molar-refractivity contribution in [3.63, 3.8) is 0 Å². The summed E-state index contributed by atoms with van der Waals surface area (Å²) in [5.74, 6) is 0. The van der Waals surface area contributed by atoms with Crippen LogP contribution in [0.5, 0.6) is 0 Å². The fourth-order valence-electron chi connectivity index (χ4n) is 1.77. The van der Waals surface area contributed by atoms with Gasteiger partial charge in [0.15, 0.2) is 5.60 Å². The molecule has 0 N–H and O–H groups in total. The van der Waals surface area contributed by atoms with Crippen LogP contribution in [0.3, 0.4) is 0 Å². The molecule has 0 aromatic carbocycles.